The first-order valence-electron chi connectivity index (χ1n) is 7.17. The number of carboxylic acids is 1. The van der Waals surface area contributed by atoms with Gasteiger partial charge in [0.05, 0.1) is 5.92 Å². The molecule has 1 amide bonds. The van der Waals surface area contributed by atoms with Crippen molar-refractivity contribution < 1.29 is 14.7 Å². The van der Waals surface area contributed by atoms with Crippen molar-refractivity contribution in [2.24, 2.45) is 11.8 Å². The standard InChI is InChI=1S/C14H23NO3/c16-13(8-7-11-4-1-2-5-11)15-9-3-6-12(10-15)14(17)18/h11-12H,1-10H2,(H,17,18). The summed E-state index contributed by atoms with van der Waals surface area (Å²) in [5.41, 5.74) is 0. The van der Waals surface area contributed by atoms with Crippen LogP contribution in [0.25, 0.3) is 0 Å². The summed E-state index contributed by atoms with van der Waals surface area (Å²) < 4.78 is 0. The number of hydrogen-bond acceptors (Lipinski definition) is 2. The van der Waals surface area contributed by atoms with Crippen molar-refractivity contribution in [1.82, 2.24) is 4.90 Å². The molecule has 0 aromatic carbocycles. The number of piperidine rings is 1. The molecule has 102 valence electrons. The number of likely N-dealkylation sites (tertiary alicyclic amines) is 1. The van der Waals surface area contributed by atoms with Gasteiger partial charge in [0.15, 0.2) is 0 Å². The number of carboxylic acid groups (broad SMARTS) is 1. The third-order valence-corrected chi connectivity index (χ3v) is 4.36. The van der Waals surface area contributed by atoms with E-state index < -0.39 is 5.97 Å². The lowest BCUT2D eigenvalue weighted by atomic mass is 9.97. The summed E-state index contributed by atoms with van der Waals surface area (Å²) in [6.45, 7) is 1.16. The molecule has 1 heterocycles. The molecule has 1 aliphatic carbocycles. The maximum atomic E-state index is 12.1. The maximum Gasteiger partial charge on any atom is 0.308 e. The Morgan fingerprint density at radius 2 is 1.83 bits per heavy atom. The molecule has 4 nitrogen and oxygen atoms in total. The lowest BCUT2D eigenvalue weighted by molar-refractivity contribution is -0.145. The number of carbonyl (C=O) groups is 2. The Morgan fingerprint density at radius 1 is 1.11 bits per heavy atom. The highest BCUT2D eigenvalue weighted by Crippen LogP contribution is 2.29. The van der Waals surface area contributed by atoms with Gasteiger partial charge in [-0.2, -0.15) is 0 Å². The first kappa shape index (κ1) is 13.4. The summed E-state index contributed by atoms with van der Waals surface area (Å²) in [5.74, 6) is -0.223. The van der Waals surface area contributed by atoms with Crippen molar-refractivity contribution in [2.75, 3.05) is 13.1 Å². The molecule has 0 spiro atoms. The molecule has 1 aliphatic heterocycles. The van der Waals surface area contributed by atoms with Crippen LogP contribution in [0.1, 0.15) is 51.4 Å². The van der Waals surface area contributed by atoms with Gasteiger partial charge in [-0.25, -0.2) is 0 Å². The predicted octanol–water partition coefficient (Wildman–Crippen LogP) is 2.28. The fourth-order valence-electron chi connectivity index (χ4n) is 3.19. The summed E-state index contributed by atoms with van der Waals surface area (Å²) in [6.07, 6.45) is 8.29. The largest absolute Gasteiger partial charge is 0.481 e. The number of amides is 1. The third-order valence-electron chi connectivity index (χ3n) is 4.36. The van der Waals surface area contributed by atoms with E-state index in [1.165, 1.54) is 25.7 Å². The molecule has 0 aromatic heterocycles. The minimum atomic E-state index is -0.761. The number of nitrogens with zero attached hydrogens (tertiary/aromatic N) is 1. The van der Waals surface area contributed by atoms with Crippen LogP contribution in [0.3, 0.4) is 0 Å². The monoisotopic (exact) mass is 253 g/mol. The fraction of sp³-hybridized carbons (Fsp3) is 0.857. The Bertz CT molecular complexity index is 310. The molecular formula is C14H23NO3. The zero-order valence-electron chi connectivity index (χ0n) is 10.9. The predicted molar refractivity (Wildman–Crippen MR) is 68.1 cm³/mol. The van der Waals surface area contributed by atoms with Gasteiger partial charge in [-0.05, 0) is 25.2 Å². The van der Waals surface area contributed by atoms with Crippen molar-refractivity contribution in [1.29, 1.82) is 0 Å². The van der Waals surface area contributed by atoms with E-state index >= 15 is 0 Å². The molecule has 4 heteroatoms. The van der Waals surface area contributed by atoms with E-state index in [9.17, 15) is 9.59 Å². The van der Waals surface area contributed by atoms with Crippen molar-refractivity contribution >= 4 is 11.9 Å². The molecule has 0 aromatic rings. The number of hydrogen-bond donors (Lipinski definition) is 1. The fourth-order valence-corrected chi connectivity index (χ4v) is 3.19. The number of carbonyl (C=O) groups excluding carboxylic acids is 1. The van der Waals surface area contributed by atoms with Gasteiger partial charge in [-0.1, -0.05) is 25.7 Å². The van der Waals surface area contributed by atoms with Crippen LogP contribution in [-0.4, -0.2) is 35.0 Å². The molecule has 1 saturated heterocycles. The van der Waals surface area contributed by atoms with Gasteiger partial charge in [0.2, 0.25) is 5.91 Å². The topological polar surface area (TPSA) is 57.6 Å². The van der Waals surface area contributed by atoms with Gasteiger partial charge in [0, 0.05) is 19.5 Å². The molecule has 2 fully saturated rings. The van der Waals surface area contributed by atoms with Crippen molar-refractivity contribution in [2.45, 2.75) is 51.4 Å². The molecule has 1 unspecified atom stereocenters. The first-order chi connectivity index (χ1) is 8.66. The average Bonchev–Trinajstić information content (AvgIpc) is 2.89. The minimum absolute atomic E-state index is 0.160. The van der Waals surface area contributed by atoms with Crippen LogP contribution in [0.5, 0.6) is 0 Å². The summed E-state index contributed by atoms with van der Waals surface area (Å²) in [6, 6.07) is 0. The van der Waals surface area contributed by atoms with E-state index in [-0.39, 0.29) is 11.8 Å². The van der Waals surface area contributed by atoms with Crippen LogP contribution in [0.15, 0.2) is 0 Å². The second-order valence-electron chi connectivity index (χ2n) is 5.71. The van der Waals surface area contributed by atoms with E-state index in [2.05, 4.69) is 0 Å². The van der Waals surface area contributed by atoms with Crippen molar-refractivity contribution in [3.05, 3.63) is 0 Å². The number of aliphatic carboxylic acids is 1. The Morgan fingerprint density at radius 3 is 2.50 bits per heavy atom. The highest BCUT2D eigenvalue weighted by Gasteiger charge is 2.28. The minimum Gasteiger partial charge on any atom is -0.481 e. The van der Waals surface area contributed by atoms with E-state index in [1.807, 2.05) is 0 Å². The summed E-state index contributed by atoms with van der Waals surface area (Å²) in [5, 5.41) is 9.00. The number of rotatable bonds is 4. The Hall–Kier alpha value is -1.06. The molecule has 1 atom stereocenters. The zero-order chi connectivity index (χ0) is 13.0. The molecule has 1 saturated carbocycles. The molecular weight excluding hydrogens is 230 g/mol. The van der Waals surface area contributed by atoms with E-state index in [0.29, 0.717) is 19.4 Å². The van der Waals surface area contributed by atoms with Gasteiger partial charge < -0.3 is 10.0 Å². The normalized spacial score (nSPS) is 25.3. The average molecular weight is 253 g/mol. The van der Waals surface area contributed by atoms with Gasteiger partial charge in [-0.15, -0.1) is 0 Å². The van der Waals surface area contributed by atoms with Gasteiger partial charge in [0.25, 0.3) is 0 Å². The van der Waals surface area contributed by atoms with Crippen molar-refractivity contribution in [3.8, 4) is 0 Å². The highest BCUT2D eigenvalue weighted by molar-refractivity contribution is 5.78. The zero-order valence-corrected chi connectivity index (χ0v) is 10.9. The smallest absolute Gasteiger partial charge is 0.308 e. The van der Waals surface area contributed by atoms with E-state index in [4.69, 9.17) is 5.11 Å². The SMILES string of the molecule is O=C(O)C1CCCN(C(=O)CCC2CCCC2)C1. The summed E-state index contributed by atoms with van der Waals surface area (Å²) in [7, 11) is 0. The molecule has 1 N–H and O–H groups in total. The van der Waals surface area contributed by atoms with Crippen LogP contribution < -0.4 is 0 Å². The van der Waals surface area contributed by atoms with Crippen molar-refractivity contribution in [3.63, 3.8) is 0 Å². The van der Waals surface area contributed by atoms with Gasteiger partial charge in [0.1, 0.15) is 0 Å². The van der Waals surface area contributed by atoms with E-state index in [1.54, 1.807) is 4.90 Å². The second-order valence-corrected chi connectivity index (χ2v) is 5.71. The Labute approximate surface area is 108 Å². The highest BCUT2D eigenvalue weighted by atomic mass is 16.4. The van der Waals surface area contributed by atoms with Crippen LogP contribution in [0.2, 0.25) is 0 Å². The summed E-state index contributed by atoms with van der Waals surface area (Å²) >= 11 is 0. The molecule has 2 rings (SSSR count). The maximum absolute atomic E-state index is 12.1. The quantitative estimate of drug-likeness (QED) is 0.836. The van der Waals surface area contributed by atoms with Gasteiger partial charge >= 0.3 is 5.97 Å². The Balaban J connectivity index is 1.75. The van der Waals surface area contributed by atoms with Crippen LogP contribution in [0.4, 0.5) is 0 Å². The summed E-state index contributed by atoms with van der Waals surface area (Å²) in [4.78, 5) is 24.8. The van der Waals surface area contributed by atoms with E-state index in [0.717, 1.165) is 25.3 Å². The van der Waals surface area contributed by atoms with Gasteiger partial charge in [-0.3, -0.25) is 9.59 Å². The molecule has 18 heavy (non-hydrogen) atoms. The second kappa shape index (κ2) is 6.21. The van der Waals surface area contributed by atoms with Crippen LogP contribution >= 0.6 is 0 Å². The van der Waals surface area contributed by atoms with Crippen LogP contribution in [0, 0.1) is 11.8 Å². The first-order valence-corrected chi connectivity index (χ1v) is 7.17. The third kappa shape index (κ3) is 3.47. The molecule has 2 aliphatic rings. The Kier molecular flexibility index (Phi) is 4.61. The molecule has 0 radical (unpaired) electrons. The molecule has 0 bridgehead atoms. The lowest BCUT2D eigenvalue weighted by Gasteiger charge is -2.31. The lowest BCUT2D eigenvalue weighted by Crippen LogP contribution is -2.42. The van der Waals surface area contributed by atoms with Crippen LogP contribution in [-0.2, 0) is 9.59 Å².